The number of rotatable bonds is 24. The van der Waals surface area contributed by atoms with E-state index in [1.165, 1.54) is 0 Å². The summed E-state index contributed by atoms with van der Waals surface area (Å²) in [6.07, 6.45) is 5.88. The molecule has 0 aliphatic carbocycles. The van der Waals surface area contributed by atoms with E-state index in [9.17, 15) is 0 Å². The molecule has 5 heterocycles. The van der Waals surface area contributed by atoms with Crippen LogP contribution in [0.1, 0.15) is 107 Å². The molecule has 0 unspecified atom stereocenters. The molecule has 0 amide bonds. The van der Waals surface area contributed by atoms with E-state index < -0.39 is 0 Å². The Morgan fingerprint density at radius 3 is 0.611 bits per heavy atom. The van der Waals surface area contributed by atoms with Crippen molar-refractivity contribution in [1.82, 2.24) is 39.9 Å². The Morgan fingerprint density at radius 2 is 0.433 bits per heavy atom. The van der Waals surface area contributed by atoms with Gasteiger partial charge in [-0.05, 0) is 51.4 Å². The van der Waals surface area contributed by atoms with Crippen molar-refractivity contribution in [3.8, 4) is 91.5 Å². The van der Waals surface area contributed by atoms with Crippen molar-refractivity contribution in [2.24, 2.45) is 0 Å². The topological polar surface area (TPSA) is 196 Å². The van der Waals surface area contributed by atoms with Crippen molar-refractivity contribution >= 4 is 87.2 Å². The molecule has 2 aliphatic rings. The maximum absolute atomic E-state index is 8.19. The third-order valence-corrected chi connectivity index (χ3v) is 15.6. The van der Waals surface area contributed by atoms with Gasteiger partial charge in [0.25, 0.3) is 0 Å². The summed E-state index contributed by atoms with van der Waals surface area (Å²) in [6, 6.07) is 32.5. The van der Waals surface area contributed by atoms with Gasteiger partial charge in [0.15, 0.2) is 0 Å². The van der Waals surface area contributed by atoms with Gasteiger partial charge in [0.2, 0.25) is 0 Å². The van der Waals surface area contributed by atoms with Crippen LogP contribution < -0.4 is 47.9 Å². The molecule has 11 aromatic rings. The minimum atomic E-state index is 0.287. The van der Waals surface area contributed by atoms with Crippen molar-refractivity contribution in [2.45, 2.75) is 107 Å². The number of ether oxygens (including phenoxy) is 8. The fraction of sp³-hybridized carbons (Fsp3) is 0.333. The zero-order valence-electron chi connectivity index (χ0n) is 52.3. The molecule has 0 saturated heterocycles. The summed E-state index contributed by atoms with van der Waals surface area (Å²) in [5, 5.41) is 9.02. The van der Waals surface area contributed by atoms with Crippen LogP contribution in [-0.2, 0) is 21.0 Å². The van der Waals surface area contributed by atoms with Crippen LogP contribution in [0.4, 0.5) is 0 Å². The molecule has 90 heavy (non-hydrogen) atoms. The quantitative estimate of drug-likeness (QED) is 0.0553. The van der Waals surface area contributed by atoms with Gasteiger partial charge in [-0.2, -0.15) is 0 Å². The summed E-state index contributed by atoms with van der Waals surface area (Å²) >= 11 is 1.06. The summed E-state index contributed by atoms with van der Waals surface area (Å²) in [5.74, 6) is 5.81. The average molecular weight is 1240 g/mol. The zero-order chi connectivity index (χ0) is 62.4. The Labute approximate surface area is 531 Å². The number of benzene rings is 8. The molecule has 13 rings (SSSR count). The monoisotopic (exact) mass is 1240 g/mol. The van der Waals surface area contributed by atoms with Gasteiger partial charge in [0.1, 0.15) is 46.0 Å². The van der Waals surface area contributed by atoms with Gasteiger partial charge >= 0.3 is 21.0 Å². The van der Waals surface area contributed by atoms with Crippen LogP contribution in [0.5, 0.6) is 46.0 Å². The van der Waals surface area contributed by atoms with Gasteiger partial charge in [-0.15, -0.1) is 0 Å². The molecule has 0 saturated carbocycles. The maximum atomic E-state index is 8.19. The number of aromatic nitrogens is 8. The van der Waals surface area contributed by atoms with Gasteiger partial charge in [0.05, 0.1) is 98.4 Å². The molecular weight excluding hydrogens is 1170 g/mol. The molecule has 459 valence electrons. The summed E-state index contributed by atoms with van der Waals surface area (Å²) in [5.41, 5.74) is 3.51. The van der Waals surface area contributed by atoms with Crippen LogP contribution in [0.25, 0.3) is 133 Å². The van der Waals surface area contributed by atoms with Crippen LogP contribution in [0, 0.1) is 0 Å². The minimum absolute atomic E-state index is 0.287. The zero-order valence-corrected chi connectivity index (χ0v) is 53.6. The van der Waals surface area contributed by atoms with Gasteiger partial charge in [0, 0.05) is 87.2 Å². The summed E-state index contributed by atoms with van der Waals surface area (Å²) < 4.78 is 63.9. The summed E-state index contributed by atoms with van der Waals surface area (Å²) in [4.78, 5) is 44.9. The van der Waals surface area contributed by atoms with Gasteiger partial charge in [-0.3, -0.25) is 0 Å². The van der Waals surface area contributed by atoms with Gasteiger partial charge in [-0.1, -0.05) is 152 Å². The van der Waals surface area contributed by atoms with E-state index in [-0.39, 0.29) is 45.9 Å². The van der Waals surface area contributed by atoms with E-state index in [1.807, 2.05) is 48.5 Å². The van der Waals surface area contributed by atoms with Crippen molar-refractivity contribution in [3.05, 3.63) is 97.1 Å². The van der Waals surface area contributed by atoms with E-state index in [2.05, 4.69) is 104 Å². The van der Waals surface area contributed by atoms with E-state index in [0.29, 0.717) is 143 Å². The SMILES string of the molecule is CCCOc1c2c(c(OCCC)c3ccccc13)-c1nc-2nc2[n-]c(nc3nc(nc4[n-]c(n1)c1c(OCCC)c5ccccc5c(OCCC)c41)-c1c-3c(OCCC)c3ccccc3c1OCCC)c1c(OCCC)c3ccccc3c(OCCC)c21.[O]=[V+2]. The fourth-order valence-corrected chi connectivity index (χ4v) is 11.9. The van der Waals surface area contributed by atoms with Crippen molar-refractivity contribution in [2.75, 3.05) is 52.9 Å². The second kappa shape index (κ2) is 27.4. The Hall–Kier alpha value is -9.06. The summed E-state index contributed by atoms with van der Waals surface area (Å²) in [7, 11) is 0. The van der Waals surface area contributed by atoms with Crippen LogP contribution in [0.15, 0.2) is 97.1 Å². The first-order valence-electron chi connectivity index (χ1n) is 31.7. The fourth-order valence-electron chi connectivity index (χ4n) is 11.9. The first-order chi connectivity index (χ1) is 44.4. The van der Waals surface area contributed by atoms with Gasteiger partial charge in [-0.25, -0.2) is 9.97 Å². The molecule has 0 fully saturated rings. The molecule has 0 radical (unpaired) electrons. The van der Waals surface area contributed by atoms with Crippen LogP contribution in [-0.4, -0.2) is 82.8 Å². The summed E-state index contributed by atoms with van der Waals surface area (Å²) in [6.45, 7) is 20.0. The Kier molecular flexibility index (Phi) is 18.6. The Bertz CT molecular complexity index is 4130. The predicted molar refractivity (Wildman–Crippen MR) is 351 cm³/mol. The second-order valence-electron chi connectivity index (χ2n) is 22.1. The molecule has 8 aromatic carbocycles. The molecule has 2 aliphatic heterocycles. The van der Waals surface area contributed by atoms with Crippen LogP contribution in [0.3, 0.4) is 0 Å². The molecule has 0 spiro atoms. The number of hydrogen-bond donors (Lipinski definition) is 0. The Balaban J connectivity index is 0.00000389. The van der Waals surface area contributed by atoms with Crippen LogP contribution in [0.2, 0.25) is 0 Å². The molecular formula is C72H72N8O9V. The third-order valence-electron chi connectivity index (χ3n) is 15.6. The van der Waals surface area contributed by atoms with Gasteiger partial charge < -0.3 is 67.8 Å². The molecule has 0 atom stereocenters. The molecule has 18 heteroatoms. The third kappa shape index (κ3) is 10.8. The standard InChI is InChI=1S/C72H72N8O8.O.V/c1-9-33-81-57-41-25-17-18-26-42(41)58(82-34-10-2)50-49(57)65-73-66(50)78-68-53-54(62(86-38-14-6)46-30-22-21-29-45(46)61(53)85-37-13-5)70(75-68)80-72-56-55(63(87-39-15-7)47-31-23-24-32-48(47)64(56)88-40-16-8)71(76-72)79-69-52-51(67(74-69)77-65)59(83-35-11-3)43-27-19-20-28-44(43)60(52)84-36-12-4;;/h17-32H,9-16,33-40H2,1-8H3;;/q-2;;+2. The van der Waals surface area contributed by atoms with Crippen LogP contribution >= 0.6 is 0 Å². The first-order valence-corrected chi connectivity index (χ1v) is 32.2. The second-order valence-corrected chi connectivity index (χ2v) is 22.1. The molecule has 8 bridgehead atoms. The van der Waals surface area contributed by atoms with E-state index in [1.54, 1.807) is 0 Å². The van der Waals surface area contributed by atoms with Crippen molar-refractivity contribution in [1.29, 1.82) is 0 Å². The van der Waals surface area contributed by atoms with E-state index in [0.717, 1.165) is 112 Å². The van der Waals surface area contributed by atoms with Crippen molar-refractivity contribution in [3.63, 3.8) is 0 Å². The van der Waals surface area contributed by atoms with E-state index in [4.69, 9.17) is 81.4 Å². The average Bonchev–Trinajstić information content (AvgIpc) is 1.54. The molecule has 0 N–H and O–H groups in total. The normalized spacial score (nSPS) is 11.7. The molecule has 3 aromatic heterocycles. The number of fused-ring (bicyclic) bond motifs is 24. The first kappa shape index (κ1) is 61.2. The predicted octanol–water partition coefficient (Wildman–Crippen LogP) is 16.9. The van der Waals surface area contributed by atoms with Crippen molar-refractivity contribution < 1.29 is 58.9 Å². The van der Waals surface area contributed by atoms with E-state index >= 15 is 0 Å². The number of hydrogen-bond acceptors (Lipinski definition) is 15. The number of nitrogens with zero attached hydrogens (tertiary/aromatic N) is 8. The Morgan fingerprint density at radius 1 is 0.267 bits per heavy atom. The molecule has 17 nitrogen and oxygen atoms in total.